The highest BCUT2D eigenvalue weighted by Crippen LogP contribution is 2.31. The Labute approximate surface area is 153 Å². The summed E-state index contributed by atoms with van der Waals surface area (Å²) >= 11 is 5.94. The van der Waals surface area contributed by atoms with Crippen LogP contribution in [-0.2, 0) is 16.9 Å². The molecule has 136 valence electrons. The Morgan fingerprint density at radius 3 is 2.50 bits per heavy atom. The lowest BCUT2D eigenvalue weighted by molar-refractivity contribution is -0.131. The molecule has 0 aromatic heterocycles. The highest BCUT2D eigenvalue weighted by atomic mass is 35.5. The van der Waals surface area contributed by atoms with Gasteiger partial charge in [-0.2, -0.15) is 8.78 Å². The van der Waals surface area contributed by atoms with Crippen molar-refractivity contribution in [2.45, 2.75) is 25.6 Å². The van der Waals surface area contributed by atoms with E-state index in [1.54, 1.807) is 31.2 Å². The van der Waals surface area contributed by atoms with Crippen LogP contribution in [0.2, 0.25) is 5.02 Å². The number of hydrogen-bond donors (Lipinski definition) is 1. The Morgan fingerprint density at radius 1 is 1.19 bits per heavy atom. The van der Waals surface area contributed by atoms with E-state index in [9.17, 15) is 18.4 Å². The van der Waals surface area contributed by atoms with Crippen LogP contribution >= 0.6 is 11.6 Å². The Bertz CT molecular complexity index is 845. The van der Waals surface area contributed by atoms with Gasteiger partial charge in [0, 0.05) is 5.02 Å². The van der Waals surface area contributed by atoms with Crippen molar-refractivity contribution in [3.63, 3.8) is 0 Å². The highest BCUT2D eigenvalue weighted by Gasteiger charge is 2.48. The minimum atomic E-state index is -2.93. The number of urea groups is 1. The van der Waals surface area contributed by atoms with Gasteiger partial charge in [-0.3, -0.25) is 9.69 Å². The van der Waals surface area contributed by atoms with E-state index in [1.807, 2.05) is 0 Å². The quantitative estimate of drug-likeness (QED) is 0.800. The maximum absolute atomic E-state index is 12.8. The number of nitrogens with one attached hydrogen (secondary N) is 1. The van der Waals surface area contributed by atoms with Gasteiger partial charge in [0.1, 0.15) is 11.3 Å². The normalized spacial score (nSPS) is 19.8. The number of hydrogen-bond acceptors (Lipinski definition) is 3. The topological polar surface area (TPSA) is 58.6 Å². The average Bonchev–Trinajstić information content (AvgIpc) is 2.79. The average molecular weight is 381 g/mol. The Kier molecular flexibility index (Phi) is 4.82. The summed E-state index contributed by atoms with van der Waals surface area (Å²) in [6.07, 6.45) is 0. The molecule has 1 aliphatic heterocycles. The Morgan fingerprint density at radius 2 is 1.88 bits per heavy atom. The molecule has 1 N–H and O–H groups in total. The third-order valence-corrected chi connectivity index (χ3v) is 4.40. The van der Waals surface area contributed by atoms with Gasteiger partial charge >= 0.3 is 12.6 Å². The number of imide groups is 1. The predicted molar refractivity (Wildman–Crippen MR) is 91.0 cm³/mol. The molecule has 0 unspecified atom stereocenters. The van der Waals surface area contributed by atoms with Gasteiger partial charge in [0.15, 0.2) is 0 Å². The molecular formula is C18H15ClF2N2O3. The number of amides is 3. The molecule has 8 heteroatoms. The Balaban J connectivity index is 1.82. The number of carbonyl (C=O) groups excluding carboxylic acids is 2. The molecule has 1 saturated heterocycles. The first-order valence-electron chi connectivity index (χ1n) is 7.73. The molecule has 1 heterocycles. The number of ether oxygens (including phenoxy) is 1. The van der Waals surface area contributed by atoms with Crippen molar-refractivity contribution in [2.24, 2.45) is 0 Å². The molecule has 0 radical (unpaired) electrons. The maximum atomic E-state index is 12.8. The second kappa shape index (κ2) is 6.92. The first kappa shape index (κ1) is 18.1. The van der Waals surface area contributed by atoms with E-state index in [0.717, 1.165) is 4.90 Å². The van der Waals surface area contributed by atoms with E-state index in [-0.39, 0.29) is 12.3 Å². The number of alkyl halides is 2. The van der Waals surface area contributed by atoms with Gasteiger partial charge in [-0.25, -0.2) is 4.79 Å². The van der Waals surface area contributed by atoms with Crippen molar-refractivity contribution in [2.75, 3.05) is 0 Å². The van der Waals surface area contributed by atoms with Crippen molar-refractivity contribution in [3.05, 3.63) is 64.7 Å². The number of carbonyl (C=O) groups is 2. The monoisotopic (exact) mass is 380 g/mol. The molecule has 1 atom stereocenters. The zero-order chi connectivity index (χ0) is 18.9. The number of benzene rings is 2. The van der Waals surface area contributed by atoms with Crippen molar-refractivity contribution in [3.8, 4) is 5.75 Å². The third kappa shape index (κ3) is 3.48. The SMILES string of the molecule is C[C@]1(c2ccc(OC(F)F)cc2)NC(=O)N(Cc2cccc(Cl)c2)C1=O. The van der Waals surface area contributed by atoms with E-state index in [1.165, 1.54) is 24.3 Å². The lowest BCUT2D eigenvalue weighted by Gasteiger charge is -2.22. The van der Waals surface area contributed by atoms with Crippen LogP contribution in [0.1, 0.15) is 18.1 Å². The summed E-state index contributed by atoms with van der Waals surface area (Å²) in [6, 6.07) is 11.9. The van der Waals surface area contributed by atoms with Gasteiger partial charge in [-0.1, -0.05) is 35.9 Å². The molecular weight excluding hydrogens is 366 g/mol. The first-order valence-corrected chi connectivity index (χ1v) is 8.11. The van der Waals surface area contributed by atoms with Gasteiger partial charge < -0.3 is 10.1 Å². The lowest BCUT2D eigenvalue weighted by Crippen LogP contribution is -2.40. The summed E-state index contributed by atoms with van der Waals surface area (Å²) in [7, 11) is 0. The molecule has 2 aromatic rings. The summed E-state index contributed by atoms with van der Waals surface area (Å²) in [5.41, 5.74) is -0.115. The van der Waals surface area contributed by atoms with Crippen LogP contribution in [0, 0.1) is 0 Å². The summed E-state index contributed by atoms with van der Waals surface area (Å²) in [5.74, 6) is -0.468. The molecule has 26 heavy (non-hydrogen) atoms. The second-order valence-corrected chi connectivity index (χ2v) is 6.42. The van der Waals surface area contributed by atoms with E-state index < -0.39 is 24.1 Å². The van der Waals surface area contributed by atoms with Crippen molar-refractivity contribution in [1.29, 1.82) is 0 Å². The van der Waals surface area contributed by atoms with E-state index in [0.29, 0.717) is 16.1 Å². The van der Waals surface area contributed by atoms with Gasteiger partial charge in [-0.05, 0) is 42.3 Å². The number of halogens is 3. The zero-order valence-corrected chi connectivity index (χ0v) is 14.5. The van der Waals surface area contributed by atoms with Crippen LogP contribution in [0.3, 0.4) is 0 Å². The van der Waals surface area contributed by atoms with E-state index in [2.05, 4.69) is 10.1 Å². The highest BCUT2D eigenvalue weighted by molar-refractivity contribution is 6.30. The fourth-order valence-corrected chi connectivity index (χ4v) is 3.04. The van der Waals surface area contributed by atoms with E-state index >= 15 is 0 Å². The van der Waals surface area contributed by atoms with Crippen LogP contribution in [0.4, 0.5) is 13.6 Å². The molecule has 0 aliphatic carbocycles. The molecule has 0 bridgehead atoms. The zero-order valence-electron chi connectivity index (χ0n) is 13.7. The molecule has 0 spiro atoms. The summed E-state index contributed by atoms with van der Waals surface area (Å²) in [5, 5.41) is 3.16. The first-order chi connectivity index (χ1) is 12.3. The molecule has 1 fully saturated rings. The van der Waals surface area contributed by atoms with Crippen molar-refractivity contribution in [1.82, 2.24) is 10.2 Å². The summed E-state index contributed by atoms with van der Waals surface area (Å²) < 4.78 is 28.8. The largest absolute Gasteiger partial charge is 0.435 e. The molecule has 2 aromatic carbocycles. The predicted octanol–water partition coefficient (Wildman–Crippen LogP) is 3.91. The number of rotatable bonds is 5. The molecule has 1 aliphatic rings. The van der Waals surface area contributed by atoms with Crippen LogP contribution in [0.15, 0.2) is 48.5 Å². The minimum Gasteiger partial charge on any atom is -0.435 e. The molecule has 0 saturated carbocycles. The summed E-state index contributed by atoms with van der Waals surface area (Å²) in [6.45, 7) is -1.29. The molecule has 3 rings (SSSR count). The van der Waals surface area contributed by atoms with Gasteiger partial charge in [0.2, 0.25) is 0 Å². The van der Waals surface area contributed by atoms with Crippen molar-refractivity contribution < 1.29 is 23.1 Å². The Hall–Kier alpha value is -2.67. The van der Waals surface area contributed by atoms with Crippen LogP contribution < -0.4 is 10.1 Å². The van der Waals surface area contributed by atoms with Crippen LogP contribution in [0.5, 0.6) is 5.75 Å². The second-order valence-electron chi connectivity index (χ2n) is 5.98. The fourth-order valence-electron chi connectivity index (χ4n) is 2.82. The van der Waals surface area contributed by atoms with Crippen LogP contribution in [0.25, 0.3) is 0 Å². The standard InChI is InChI=1S/C18H15ClF2N2O3/c1-18(12-5-7-14(8-6-12)26-16(20)21)15(24)23(17(25)22-18)10-11-3-2-4-13(19)9-11/h2-9,16H,10H2,1H3,(H,22,25)/t18-/m1/s1. The third-order valence-electron chi connectivity index (χ3n) is 4.16. The fraction of sp³-hybridized carbons (Fsp3) is 0.222. The maximum Gasteiger partial charge on any atom is 0.387 e. The number of nitrogens with zero attached hydrogens (tertiary/aromatic N) is 1. The van der Waals surface area contributed by atoms with Gasteiger partial charge in [0.25, 0.3) is 5.91 Å². The molecule has 5 nitrogen and oxygen atoms in total. The van der Waals surface area contributed by atoms with Gasteiger partial charge in [-0.15, -0.1) is 0 Å². The summed E-state index contributed by atoms with van der Waals surface area (Å²) in [4.78, 5) is 26.3. The van der Waals surface area contributed by atoms with Crippen LogP contribution in [-0.4, -0.2) is 23.4 Å². The smallest absolute Gasteiger partial charge is 0.387 e. The van der Waals surface area contributed by atoms with Gasteiger partial charge in [0.05, 0.1) is 6.54 Å². The van der Waals surface area contributed by atoms with E-state index in [4.69, 9.17) is 11.6 Å². The minimum absolute atomic E-state index is 0.0279. The molecule has 3 amide bonds. The van der Waals surface area contributed by atoms with Crippen molar-refractivity contribution >= 4 is 23.5 Å². The lowest BCUT2D eigenvalue weighted by atomic mass is 9.92.